The lowest BCUT2D eigenvalue weighted by Gasteiger charge is -2.35. The Labute approximate surface area is 114 Å². The molecule has 0 aliphatic heterocycles. The van der Waals surface area contributed by atoms with E-state index in [0.717, 1.165) is 28.6 Å². The van der Waals surface area contributed by atoms with E-state index in [1.165, 1.54) is 30.6 Å². The number of hydrogen-bond donors (Lipinski definition) is 1. The lowest BCUT2D eigenvalue weighted by Crippen LogP contribution is -2.30. The zero-order valence-electron chi connectivity index (χ0n) is 10.7. The smallest absolute Gasteiger partial charge is 0.0931 e. The summed E-state index contributed by atoms with van der Waals surface area (Å²) in [5.41, 5.74) is 0. The van der Waals surface area contributed by atoms with E-state index >= 15 is 0 Å². The van der Waals surface area contributed by atoms with Crippen LogP contribution in [0.15, 0.2) is 12.1 Å². The van der Waals surface area contributed by atoms with Crippen LogP contribution in [-0.2, 0) is 0 Å². The van der Waals surface area contributed by atoms with Crippen LogP contribution in [0.1, 0.15) is 43.4 Å². The second-order valence-electron chi connectivity index (χ2n) is 5.15. The van der Waals surface area contributed by atoms with Gasteiger partial charge in [0.15, 0.2) is 0 Å². The van der Waals surface area contributed by atoms with E-state index in [2.05, 4.69) is 25.4 Å². The quantitative estimate of drug-likeness (QED) is 0.848. The zero-order valence-corrected chi connectivity index (χ0v) is 12.3. The molecular weight excluding hydrogens is 250 g/mol. The fourth-order valence-electron chi connectivity index (χ4n) is 3.07. The van der Waals surface area contributed by atoms with Gasteiger partial charge in [0.2, 0.25) is 0 Å². The Morgan fingerprint density at radius 1 is 1.41 bits per heavy atom. The summed E-state index contributed by atoms with van der Waals surface area (Å²) < 4.78 is 0.932. The van der Waals surface area contributed by atoms with Crippen LogP contribution in [-0.4, -0.2) is 13.6 Å². The molecule has 1 fully saturated rings. The van der Waals surface area contributed by atoms with Gasteiger partial charge >= 0.3 is 0 Å². The van der Waals surface area contributed by atoms with Crippen LogP contribution in [0, 0.1) is 11.8 Å². The first-order valence-electron chi connectivity index (χ1n) is 6.64. The monoisotopic (exact) mass is 271 g/mol. The van der Waals surface area contributed by atoms with Crippen LogP contribution < -0.4 is 5.32 Å². The Balaban J connectivity index is 2.12. The summed E-state index contributed by atoms with van der Waals surface area (Å²) in [7, 11) is 2.06. The fourth-order valence-corrected chi connectivity index (χ4v) is 4.34. The molecule has 1 aromatic heterocycles. The highest BCUT2D eigenvalue weighted by molar-refractivity contribution is 7.16. The van der Waals surface area contributed by atoms with E-state index in [9.17, 15) is 0 Å². The Bertz CT molecular complexity index is 350. The minimum atomic E-state index is 0.721. The Hall–Kier alpha value is -0.0500. The predicted molar refractivity (Wildman–Crippen MR) is 77.1 cm³/mol. The molecule has 1 aliphatic carbocycles. The van der Waals surface area contributed by atoms with Gasteiger partial charge in [0, 0.05) is 4.88 Å². The lowest BCUT2D eigenvalue weighted by atomic mass is 9.72. The first kappa shape index (κ1) is 13.4. The van der Waals surface area contributed by atoms with Gasteiger partial charge in [-0.05, 0) is 56.3 Å². The summed E-state index contributed by atoms with van der Waals surface area (Å²) in [4.78, 5) is 1.49. The van der Waals surface area contributed by atoms with Crippen LogP contribution in [0.3, 0.4) is 0 Å². The summed E-state index contributed by atoms with van der Waals surface area (Å²) >= 11 is 7.85. The molecule has 3 atom stereocenters. The molecule has 96 valence electrons. The lowest BCUT2D eigenvalue weighted by molar-refractivity contribution is 0.231. The van der Waals surface area contributed by atoms with Gasteiger partial charge in [-0.25, -0.2) is 0 Å². The summed E-state index contributed by atoms with van der Waals surface area (Å²) in [5, 5.41) is 3.35. The van der Waals surface area contributed by atoms with Crippen molar-refractivity contribution in [1.29, 1.82) is 0 Å². The van der Waals surface area contributed by atoms with E-state index < -0.39 is 0 Å². The van der Waals surface area contributed by atoms with Crippen LogP contribution in [0.25, 0.3) is 0 Å². The van der Waals surface area contributed by atoms with Crippen LogP contribution in [0.2, 0.25) is 4.34 Å². The molecule has 2 rings (SSSR count). The van der Waals surface area contributed by atoms with Crippen molar-refractivity contribution < 1.29 is 0 Å². The summed E-state index contributed by atoms with van der Waals surface area (Å²) in [6.45, 7) is 3.46. The standard InChI is InChI=1S/C14H22ClNS/c1-3-10-4-5-11(9-16-2)12(8-10)13-6-7-14(15)17-13/h6-7,10-12,16H,3-5,8-9H2,1-2H3. The van der Waals surface area contributed by atoms with Crippen molar-refractivity contribution in [3.05, 3.63) is 21.3 Å². The zero-order chi connectivity index (χ0) is 12.3. The van der Waals surface area contributed by atoms with Gasteiger partial charge in [-0.15, -0.1) is 11.3 Å². The van der Waals surface area contributed by atoms with Crippen molar-refractivity contribution in [3.63, 3.8) is 0 Å². The maximum atomic E-state index is 6.08. The van der Waals surface area contributed by atoms with Crippen LogP contribution in [0.5, 0.6) is 0 Å². The molecule has 3 heteroatoms. The fraction of sp³-hybridized carbons (Fsp3) is 0.714. The van der Waals surface area contributed by atoms with Crippen LogP contribution in [0.4, 0.5) is 0 Å². The molecule has 1 aliphatic rings. The summed E-state index contributed by atoms with van der Waals surface area (Å²) in [6.07, 6.45) is 5.43. The molecular formula is C14H22ClNS. The highest BCUT2D eigenvalue weighted by Crippen LogP contribution is 2.44. The van der Waals surface area contributed by atoms with Gasteiger partial charge in [-0.2, -0.15) is 0 Å². The topological polar surface area (TPSA) is 12.0 Å². The molecule has 17 heavy (non-hydrogen) atoms. The highest BCUT2D eigenvalue weighted by Gasteiger charge is 2.31. The minimum absolute atomic E-state index is 0.721. The first-order valence-corrected chi connectivity index (χ1v) is 7.83. The number of nitrogens with one attached hydrogen (secondary N) is 1. The maximum Gasteiger partial charge on any atom is 0.0931 e. The number of hydrogen-bond acceptors (Lipinski definition) is 2. The van der Waals surface area contributed by atoms with Gasteiger partial charge in [0.1, 0.15) is 0 Å². The Kier molecular flexibility index (Phi) is 4.89. The average Bonchev–Trinajstić information content (AvgIpc) is 2.77. The van der Waals surface area contributed by atoms with Crippen molar-refractivity contribution in [1.82, 2.24) is 5.32 Å². The SMILES string of the molecule is CCC1CCC(CNC)C(c2ccc(Cl)s2)C1. The number of rotatable bonds is 4. The predicted octanol–water partition coefficient (Wildman–Crippen LogP) is 4.53. The highest BCUT2D eigenvalue weighted by atomic mass is 35.5. The second kappa shape index (κ2) is 6.21. The Morgan fingerprint density at radius 2 is 2.24 bits per heavy atom. The summed E-state index contributed by atoms with van der Waals surface area (Å²) in [6, 6.07) is 4.28. The molecule has 0 bridgehead atoms. The molecule has 3 unspecified atom stereocenters. The third-order valence-corrected chi connectivity index (χ3v) is 5.47. The Morgan fingerprint density at radius 3 is 2.82 bits per heavy atom. The molecule has 1 aromatic rings. The number of halogens is 1. The largest absolute Gasteiger partial charge is 0.319 e. The minimum Gasteiger partial charge on any atom is -0.319 e. The maximum absolute atomic E-state index is 6.08. The van der Waals surface area contributed by atoms with Crippen molar-refractivity contribution >= 4 is 22.9 Å². The molecule has 0 aromatic carbocycles. The third-order valence-electron chi connectivity index (χ3n) is 4.11. The molecule has 0 radical (unpaired) electrons. The normalized spacial score (nSPS) is 29.5. The van der Waals surface area contributed by atoms with Gasteiger partial charge in [0.25, 0.3) is 0 Å². The van der Waals surface area contributed by atoms with Crippen molar-refractivity contribution in [2.75, 3.05) is 13.6 Å². The molecule has 1 nitrogen and oxygen atoms in total. The van der Waals surface area contributed by atoms with Gasteiger partial charge < -0.3 is 5.32 Å². The molecule has 0 amide bonds. The molecule has 0 spiro atoms. The van der Waals surface area contributed by atoms with E-state index in [1.54, 1.807) is 11.3 Å². The van der Waals surface area contributed by atoms with Gasteiger partial charge in [0.05, 0.1) is 4.34 Å². The van der Waals surface area contributed by atoms with Crippen molar-refractivity contribution in [2.24, 2.45) is 11.8 Å². The molecule has 1 heterocycles. The first-order chi connectivity index (χ1) is 8.24. The average molecular weight is 272 g/mol. The molecule has 1 N–H and O–H groups in total. The second-order valence-corrected chi connectivity index (χ2v) is 6.90. The van der Waals surface area contributed by atoms with E-state index in [4.69, 9.17) is 11.6 Å². The van der Waals surface area contributed by atoms with E-state index in [1.807, 2.05) is 6.07 Å². The van der Waals surface area contributed by atoms with E-state index in [-0.39, 0.29) is 0 Å². The van der Waals surface area contributed by atoms with Crippen molar-refractivity contribution in [2.45, 2.75) is 38.5 Å². The van der Waals surface area contributed by atoms with Gasteiger partial charge in [-0.1, -0.05) is 31.4 Å². The third kappa shape index (κ3) is 3.24. The molecule has 0 saturated heterocycles. The molecule has 1 saturated carbocycles. The van der Waals surface area contributed by atoms with Crippen LogP contribution >= 0.6 is 22.9 Å². The summed E-state index contributed by atoms with van der Waals surface area (Å²) in [5.74, 6) is 2.42. The number of thiophene rings is 1. The van der Waals surface area contributed by atoms with Gasteiger partial charge in [-0.3, -0.25) is 0 Å². The van der Waals surface area contributed by atoms with Crippen molar-refractivity contribution in [3.8, 4) is 0 Å². The van der Waals surface area contributed by atoms with E-state index in [0.29, 0.717) is 0 Å².